The summed E-state index contributed by atoms with van der Waals surface area (Å²) in [6, 6.07) is 5.18. The predicted molar refractivity (Wildman–Crippen MR) is 80.5 cm³/mol. The number of carbonyl (C=O) groups excluding carboxylic acids is 1. The van der Waals surface area contributed by atoms with Crippen LogP contribution in [0.2, 0.25) is 0 Å². The molecule has 0 radical (unpaired) electrons. The van der Waals surface area contributed by atoms with Gasteiger partial charge < -0.3 is 10.4 Å². The summed E-state index contributed by atoms with van der Waals surface area (Å²) in [6.07, 6.45) is 0.693. The van der Waals surface area contributed by atoms with Gasteiger partial charge in [0, 0.05) is 17.6 Å². The molecule has 118 valence electrons. The highest BCUT2D eigenvalue weighted by Gasteiger charge is 2.17. The fraction of sp³-hybridized carbons (Fsp3) is 0.500. The van der Waals surface area contributed by atoms with E-state index in [1.54, 1.807) is 13.8 Å². The second kappa shape index (κ2) is 7.53. The topological polar surface area (TPSA) is 95.5 Å². The Morgan fingerprint density at radius 1 is 1.19 bits per heavy atom. The molecule has 6 nitrogen and oxygen atoms in total. The number of carbonyl (C=O) groups is 1. The molecule has 0 bridgehead atoms. The number of aliphatic hydroxyl groups is 1. The molecular formula is C14H22N2O4S. The summed E-state index contributed by atoms with van der Waals surface area (Å²) >= 11 is 0. The Morgan fingerprint density at radius 2 is 1.76 bits per heavy atom. The van der Waals surface area contributed by atoms with Gasteiger partial charge >= 0.3 is 0 Å². The Kier molecular flexibility index (Phi) is 6.32. The maximum Gasteiger partial charge on any atom is 0.251 e. The van der Waals surface area contributed by atoms with Crippen LogP contribution in [0.25, 0.3) is 0 Å². The number of rotatable bonds is 7. The predicted octanol–water partition coefficient (Wildman–Crippen LogP) is 0.874. The molecule has 0 saturated heterocycles. The summed E-state index contributed by atoms with van der Waals surface area (Å²) in [5.74, 6) is -0.351. The third kappa shape index (κ3) is 5.11. The molecule has 0 aliphatic rings. The number of benzene rings is 1. The van der Waals surface area contributed by atoms with Crippen molar-refractivity contribution in [1.29, 1.82) is 0 Å². The zero-order valence-electron chi connectivity index (χ0n) is 12.5. The number of amides is 1. The van der Waals surface area contributed by atoms with Crippen LogP contribution in [-0.2, 0) is 10.0 Å². The molecule has 1 amide bonds. The molecule has 21 heavy (non-hydrogen) atoms. The molecule has 7 heteroatoms. The number of hydrogen-bond donors (Lipinski definition) is 3. The third-order valence-corrected chi connectivity index (χ3v) is 4.65. The SMILES string of the molecule is CC[C@H](C)NS(=O)(=O)c1ccc(C(=O)N[C@H](C)CO)cc1. The summed E-state index contributed by atoms with van der Waals surface area (Å²) in [5.41, 5.74) is 0.345. The smallest absolute Gasteiger partial charge is 0.251 e. The van der Waals surface area contributed by atoms with Gasteiger partial charge in [0.2, 0.25) is 10.0 Å². The molecule has 0 spiro atoms. The molecule has 0 aliphatic carbocycles. The lowest BCUT2D eigenvalue weighted by atomic mass is 10.2. The van der Waals surface area contributed by atoms with Crippen molar-refractivity contribution in [3.63, 3.8) is 0 Å². The number of nitrogens with one attached hydrogen (secondary N) is 2. The molecule has 0 aliphatic heterocycles. The minimum atomic E-state index is -3.56. The summed E-state index contributed by atoms with van der Waals surface area (Å²) < 4.78 is 26.7. The standard InChI is InChI=1S/C14H22N2O4S/c1-4-10(2)16-21(19,20)13-7-5-12(6-8-13)14(18)15-11(3)9-17/h5-8,10-11,16-17H,4,9H2,1-3H3,(H,15,18)/t10-,11+/m0/s1. The maximum atomic E-state index is 12.1. The average molecular weight is 314 g/mol. The Morgan fingerprint density at radius 3 is 2.24 bits per heavy atom. The Hall–Kier alpha value is -1.44. The van der Waals surface area contributed by atoms with E-state index in [1.807, 2.05) is 6.92 Å². The number of aliphatic hydroxyl groups excluding tert-OH is 1. The van der Waals surface area contributed by atoms with Crippen molar-refractivity contribution < 1.29 is 18.3 Å². The van der Waals surface area contributed by atoms with Gasteiger partial charge in [0.25, 0.3) is 5.91 Å². The molecule has 1 aromatic rings. The van der Waals surface area contributed by atoms with Crippen molar-refractivity contribution in [3.8, 4) is 0 Å². The zero-order valence-corrected chi connectivity index (χ0v) is 13.3. The van der Waals surface area contributed by atoms with Crippen molar-refractivity contribution in [1.82, 2.24) is 10.0 Å². The lowest BCUT2D eigenvalue weighted by molar-refractivity contribution is 0.0922. The molecule has 0 heterocycles. The van der Waals surface area contributed by atoms with E-state index in [2.05, 4.69) is 10.0 Å². The monoisotopic (exact) mass is 314 g/mol. The van der Waals surface area contributed by atoms with E-state index in [-0.39, 0.29) is 29.5 Å². The first-order valence-corrected chi connectivity index (χ1v) is 8.32. The van der Waals surface area contributed by atoms with E-state index in [0.29, 0.717) is 12.0 Å². The first-order valence-electron chi connectivity index (χ1n) is 6.84. The lowest BCUT2D eigenvalue weighted by Gasteiger charge is -2.13. The molecule has 1 rings (SSSR count). The molecule has 0 saturated carbocycles. The van der Waals surface area contributed by atoms with Gasteiger partial charge in [-0.25, -0.2) is 13.1 Å². The van der Waals surface area contributed by atoms with E-state index in [4.69, 9.17) is 5.11 Å². The quantitative estimate of drug-likeness (QED) is 0.696. The molecule has 0 fully saturated rings. The summed E-state index contributed by atoms with van der Waals surface area (Å²) in [6.45, 7) is 5.20. The largest absolute Gasteiger partial charge is 0.394 e. The van der Waals surface area contributed by atoms with Gasteiger partial charge in [0.15, 0.2) is 0 Å². The zero-order chi connectivity index (χ0) is 16.0. The van der Waals surface area contributed by atoms with Crippen LogP contribution in [0.4, 0.5) is 0 Å². The van der Waals surface area contributed by atoms with E-state index in [1.165, 1.54) is 24.3 Å². The maximum absolute atomic E-state index is 12.1. The van der Waals surface area contributed by atoms with Crippen LogP contribution in [0.15, 0.2) is 29.2 Å². The minimum Gasteiger partial charge on any atom is -0.394 e. The first kappa shape index (κ1) is 17.6. The van der Waals surface area contributed by atoms with E-state index >= 15 is 0 Å². The summed E-state index contributed by atoms with van der Waals surface area (Å²) in [4.78, 5) is 11.9. The lowest BCUT2D eigenvalue weighted by Crippen LogP contribution is -2.35. The van der Waals surface area contributed by atoms with E-state index in [9.17, 15) is 13.2 Å². The average Bonchev–Trinajstić information content (AvgIpc) is 2.46. The first-order chi connectivity index (χ1) is 9.80. The van der Waals surface area contributed by atoms with Crippen LogP contribution in [0, 0.1) is 0 Å². The minimum absolute atomic E-state index is 0.120. The molecule has 3 N–H and O–H groups in total. The van der Waals surface area contributed by atoms with Crippen LogP contribution in [0.5, 0.6) is 0 Å². The van der Waals surface area contributed by atoms with Crippen LogP contribution in [-0.4, -0.2) is 38.1 Å². The third-order valence-electron chi connectivity index (χ3n) is 3.05. The van der Waals surface area contributed by atoms with Crippen molar-refractivity contribution >= 4 is 15.9 Å². The van der Waals surface area contributed by atoms with Crippen molar-refractivity contribution in [2.24, 2.45) is 0 Å². The number of hydrogen-bond acceptors (Lipinski definition) is 4. The van der Waals surface area contributed by atoms with Crippen LogP contribution in [0.1, 0.15) is 37.6 Å². The second-order valence-corrected chi connectivity index (χ2v) is 6.73. The Bertz CT molecular complexity index is 569. The Balaban J connectivity index is 2.85. The highest BCUT2D eigenvalue weighted by molar-refractivity contribution is 7.89. The second-order valence-electron chi connectivity index (χ2n) is 5.01. The molecule has 2 atom stereocenters. The van der Waals surface area contributed by atoms with Crippen molar-refractivity contribution in [2.45, 2.75) is 44.2 Å². The molecule has 0 aromatic heterocycles. The molecule has 1 aromatic carbocycles. The number of sulfonamides is 1. The van der Waals surface area contributed by atoms with Gasteiger partial charge in [-0.15, -0.1) is 0 Å². The van der Waals surface area contributed by atoms with E-state index in [0.717, 1.165) is 0 Å². The van der Waals surface area contributed by atoms with E-state index < -0.39 is 10.0 Å². The van der Waals surface area contributed by atoms with Crippen LogP contribution < -0.4 is 10.0 Å². The van der Waals surface area contributed by atoms with Crippen molar-refractivity contribution in [2.75, 3.05) is 6.61 Å². The van der Waals surface area contributed by atoms with Gasteiger partial charge in [-0.3, -0.25) is 4.79 Å². The van der Waals surface area contributed by atoms with Gasteiger partial charge in [0.05, 0.1) is 11.5 Å². The fourth-order valence-electron chi connectivity index (χ4n) is 1.55. The van der Waals surface area contributed by atoms with Gasteiger partial charge in [-0.1, -0.05) is 6.92 Å². The molecule has 0 unspecified atom stereocenters. The Labute approximate surface area is 125 Å². The fourth-order valence-corrected chi connectivity index (χ4v) is 2.88. The van der Waals surface area contributed by atoms with Gasteiger partial charge in [-0.05, 0) is 44.5 Å². The highest BCUT2D eigenvalue weighted by atomic mass is 32.2. The molecular weight excluding hydrogens is 292 g/mol. The highest BCUT2D eigenvalue weighted by Crippen LogP contribution is 2.12. The van der Waals surface area contributed by atoms with Crippen LogP contribution in [0.3, 0.4) is 0 Å². The van der Waals surface area contributed by atoms with Crippen LogP contribution >= 0.6 is 0 Å². The van der Waals surface area contributed by atoms with Crippen molar-refractivity contribution in [3.05, 3.63) is 29.8 Å². The normalized spacial score (nSPS) is 14.5. The summed E-state index contributed by atoms with van der Waals surface area (Å²) in [7, 11) is -3.56. The van der Waals surface area contributed by atoms with Gasteiger partial charge in [-0.2, -0.15) is 0 Å². The van der Waals surface area contributed by atoms with Gasteiger partial charge in [0.1, 0.15) is 0 Å². The summed E-state index contributed by atoms with van der Waals surface area (Å²) in [5, 5.41) is 11.5.